The van der Waals surface area contributed by atoms with Crippen molar-refractivity contribution < 1.29 is 52.6 Å². The van der Waals surface area contributed by atoms with Gasteiger partial charge in [0, 0.05) is 11.8 Å². The predicted octanol–water partition coefficient (Wildman–Crippen LogP) is -3.21. The van der Waals surface area contributed by atoms with E-state index in [-0.39, 0.29) is 35.2 Å². The molecule has 0 heterocycles. The summed E-state index contributed by atoms with van der Waals surface area (Å²) in [6.45, 7) is 0. The van der Waals surface area contributed by atoms with Gasteiger partial charge in [-0.1, -0.05) is 0 Å². The molecule has 0 aliphatic carbocycles. The van der Waals surface area contributed by atoms with Crippen LogP contribution in [0, 0.1) is 10.1 Å². The maximum absolute atomic E-state index is 10.6. The third-order valence-electron chi connectivity index (χ3n) is 1.54. The molecule has 0 aliphatic heterocycles. The molecule has 3 N–H and O–H groups in total. The Balaban J connectivity index is 0.00000225. The Labute approximate surface area is 112 Å². The number of nitro groups is 1. The van der Waals surface area contributed by atoms with Crippen molar-refractivity contribution in [3.63, 3.8) is 0 Å². The average Bonchev–Trinajstić information content (AvgIpc) is 2.06. The van der Waals surface area contributed by atoms with E-state index in [1.165, 1.54) is 0 Å². The molecule has 10 heteroatoms. The number of anilines is 1. The Morgan fingerprint density at radius 1 is 1.38 bits per heavy atom. The van der Waals surface area contributed by atoms with Crippen molar-refractivity contribution in [1.82, 2.24) is 0 Å². The van der Waals surface area contributed by atoms with Crippen molar-refractivity contribution in [3.8, 4) is 5.75 Å². The van der Waals surface area contributed by atoms with Crippen LogP contribution in [0.1, 0.15) is 0 Å². The Morgan fingerprint density at radius 2 is 1.88 bits per heavy atom. The molecule has 0 saturated carbocycles. The van der Waals surface area contributed by atoms with Gasteiger partial charge >= 0.3 is 35.2 Å². The second kappa shape index (κ2) is 4.97. The van der Waals surface area contributed by atoms with Crippen LogP contribution in [0.4, 0.5) is 11.4 Å². The Morgan fingerprint density at radius 3 is 2.25 bits per heavy atom. The summed E-state index contributed by atoms with van der Waals surface area (Å²) in [5.74, 6) is -1.20. The molecule has 1 aromatic rings. The molecule has 0 unspecified atom stereocenters. The second-order valence-electron chi connectivity index (χ2n) is 2.60. The van der Waals surface area contributed by atoms with Crippen LogP contribution in [0.3, 0.4) is 0 Å². The number of phenolic OH excluding ortho intramolecular Hbond substituents is 1. The summed E-state index contributed by atoms with van der Waals surface area (Å²) in [5, 5.41) is 19.5. The molecule has 82 valence electrons. The van der Waals surface area contributed by atoms with Crippen molar-refractivity contribution in [2.75, 3.05) is 5.73 Å². The van der Waals surface area contributed by atoms with Crippen molar-refractivity contribution in [2.45, 2.75) is 4.90 Å². The van der Waals surface area contributed by atoms with Crippen molar-refractivity contribution in [2.24, 2.45) is 0 Å². The van der Waals surface area contributed by atoms with Crippen LogP contribution >= 0.6 is 0 Å². The first-order valence-electron chi connectivity index (χ1n) is 3.46. The molecule has 1 rings (SSSR count). The largest absolute Gasteiger partial charge is 1.00 e. The standard InChI is InChI=1S/C6H6N2O6S.Na/c7-3-1-4(8(10)11)6(9)5(2-3)15(12,13)14;/h1-2,9H,7H2,(H,12,13,14);/q;+1/p-1. The first-order valence-corrected chi connectivity index (χ1v) is 4.87. The maximum Gasteiger partial charge on any atom is 1.00 e. The fraction of sp³-hybridized carbons (Fsp3) is 0. The zero-order valence-corrected chi connectivity index (χ0v) is 10.9. The van der Waals surface area contributed by atoms with Gasteiger partial charge in [0.05, 0.1) is 4.92 Å². The van der Waals surface area contributed by atoms with Gasteiger partial charge in [0.2, 0.25) is 5.75 Å². The average molecular weight is 256 g/mol. The normalized spacial score (nSPS) is 10.6. The minimum Gasteiger partial charge on any atom is -0.744 e. The fourth-order valence-corrected chi connectivity index (χ4v) is 1.57. The van der Waals surface area contributed by atoms with Crippen molar-refractivity contribution >= 4 is 21.5 Å². The molecule has 0 radical (unpaired) electrons. The van der Waals surface area contributed by atoms with Crippen molar-refractivity contribution in [3.05, 3.63) is 22.2 Å². The van der Waals surface area contributed by atoms with E-state index in [1.54, 1.807) is 0 Å². The molecule has 0 spiro atoms. The first kappa shape index (κ1) is 15.1. The van der Waals surface area contributed by atoms with Gasteiger partial charge < -0.3 is 15.4 Å². The number of phenols is 1. The summed E-state index contributed by atoms with van der Waals surface area (Å²) in [6.07, 6.45) is 0. The smallest absolute Gasteiger partial charge is 0.744 e. The molecular formula is C6H5N2NaO6S. The van der Waals surface area contributed by atoms with E-state index in [2.05, 4.69) is 0 Å². The van der Waals surface area contributed by atoms with E-state index in [0.717, 1.165) is 6.07 Å². The van der Waals surface area contributed by atoms with Gasteiger partial charge in [-0.05, 0) is 6.07 Å². The summed E-state index contributed by atoms with van der Waals surface area (Å²) in [7, 11) is -5.00. The van der Waals surface area contributed by atoms with Gasteiger partial charge in [0.1, 0.15) is 15.0 Å². The summed E-state index contributed by atoms with van der Waals surface area (Å²) in [5.41, 5.74) is 3.92. The molecule has 0 fully saturated rings. The van der Waals surface area contributed by atoms with Gasteiger partial charge in [0.25, 0.3) is 0 Å². The second-order valence-corrected chi connectivity index (χ2v) is 3.95. The van der Waals surface area contributed by atoms with Crippen LogP contribution in [0.5, 0.6) is 5.75 Å². The van der Waals surface area contributed by atoms with E-state index in [1.807, 2.05) is 0 Å². The third-order valence-corrected chi connectivity index (χ3v) is 2.39. The number of hydrogen-bond donors (Lipinski definition) is 2. The number of nitrogens with two attached hydrogens (primary N) is 1. The number of rotatable bonds is 2. The predicted molar refractivity (Wildman–Crippen MR) is 47.1 cm³/mol. The molecule has 0 bridgehead atoms. The van der Waals surface area contributed by atoms with Gasteiger partial charge in [-0.15, -0.1) is 0 Å². The van der Waals surface area contributed by atoms with Crippen LogP contribution < -0.4 is 35.3 Å². The molecule has 0 aliphatic rings. The molecular weight excluding hydrogens is 251 g/mol. The Hall–Kier alpha value is -0.870. The van der Waals surface area contributed by atoms with Crippen LogP contribution in [0.25, 0.3) is 0 Å². The SMILES string of the molecule is Nc1cc([N+](=O)[O-])c(O)c(S(=O)(=O)[O-])c1.[Na+]. The monoisotopic (exact) mass is 256 g/mol. The molecule has 16 heavy (non-hydrogen) atoms. The van der Waals surface area contributed by atoms with Crippen LogP contribution in [-0.4, -0.2) is 23.0 Å². The van der Waals surface area contributed by atoms with Gasteiger partial charge in [-0.3, -0.25) is 10.1 Å². The topological polar surface area (TPSA) is 147 Å². The fourth-order valence-electron chi connectivity index (χ4n) is 0.944. The van der Waals surface area contributed by atoms with Gasteiger partial charge in [-0.25, -0.2) is 8.42 Å². The Kier molecular flexibility index (Phi) is 4.70. The van der Waals surface area contributed by atoms with Crippen LogP contribution in [0.2, 0.25) is 0 Å². The minimum absolute atomic E-state index is 0. The molecule has 1 aromatic carbocycles. The summed E-state index contributed by atoms with van der Waals surface area (Å²) in [6, 6.07) is 1.41. The van der Waals surface area contributed by atoms with Crippen molar-refractivity contribution in [1.29, 1.82) is 0 Å². The zero-order chi connectivity index (χ0) is 11.8. The van der Waals surface area contributed by atoms with E-state index in [0.29, 0.717) is 6.07 Å². The summed E-state index contributed by atoms with van der Waals surface area (Å²) < 4.78 is 31.8. The van der Waals surface area contributed by atoms with Gasteiger partial charge in [-0.2, -0.15) is 0 Å². The Bertz CT molecular complexity index is 528. The first-order chi connectivity index (χ1) is 6.73. The number of benzene rings is 1. The van der Waals surface area contributed by atoms with E-state index < -0.39 is 31.4 Å². The number of nitrogen functional groups attached to an aromatic ring is 1. The number of nitrogens with zero attached hydrogens (tertiary/aromatic N) is 1. The quantitative estimate of drug-likeness (QED) is 0.141. The van der Waals surface area contributed by atoms with Crippen LogP contribution in [0.15, 0.2) is 17.0 Å². The molecule has 0 atom stereocenters. The molecule has 0 aromatic heterocycles. The van der Waals surface area contributed by atoms with E-state index in [9.17, 15) is 23.1 Å². The molecule has 8 nitrogen and oxygen atoms in total. The minimum atomic E-state index is -5.00. The maximum atomic E-state index is 10.6. The zero-order valence-electron chi connectivity index (χ0n) is 8.08. The molecule has 0 amide bonds. The number of nitro benzene ring substituents is 1. The van der Waals surface area contributed by atoms with Crippen LogP contribution in [-0.2, 0) is 10.1 Å². The van der Waals surface area contributed by atoms with E-state index in [4.69, 9.17) is 10.8 Å². The summed E-state index contributed by atoms with van der Waals surface area (Å²) >= 11 is 0. The van der Waals surface area contributed by atoms with E-state index >= 15 is 0 Å². The molecule has 0 saturated heterocycles. The number of aromatic hydroxyl groups is 1. The third kappa shape index (κ3) is 3.06. The summed E-state index contributed by atoms with van der Waals surface area (Å²) in [4.78, 5) is 8.20. The number of hydrogen-bond acceptors (Lipinski definition) is 7. The van der Waals surface area contributed by atoms with Gasteiger partial charge in [0.15, 0.2) is 0 Å².